The summed E-state index contributed by atoms with van der Waals surface area (Å²) in [6.45, 7) is 0.0651. The van der Waals surface area contributed by atoms with Gasteiger partial charge in [-0.05, 0) is 23.6 Å². The Morgan fingerprint density at radius 2 is 2.00 bits per heavy atom. The van der Waals surface area contributed by atoms with Gasteiger partial charge >= 0.3 is 5.00 Å². The summed E-state index contributed by atoms with van der Waals surface area (Å²) in [4.78, 5) is 22.1. The Hall–Kier alpha value is -2.25. The molecule has 2 aromatic rings. The Morgan fingerprint density at radius 1 is 1.35 bits per heavy atom. The maximum absolute atomic E-state index is 11.2. The van der Waals surface area contributed by atoms with E-state index in [9.17, 15) is 14.9 Å². The van der Waals surface area contributed by atoms with Crippen molar-refractivity contribution in [2.75, 3.05) is 6.61 Å². The van der Waals surface area contributed by atoms with Crippen molar-refractivity contribution in [3.63, 3.8) is 0 Å². The number of primary amides is 1. The normalized spacial score (nSPS) is 10.4. The first-order valence-electron chi connectivity index (χ1n) is 5.81. The second-order valence-corrected chi connectivity index (χ2v) is 5.15. The second kappa shape index (κ2) is 5.81. The third-order valence-corrected chi connectivity index (χ3v) is 3.92. The van der Waals surface area contributed by atoms with Gasteiger partial charge < -0.3 is 10.8 Å². The Bertz CT molecular complexity index is 617. The molecule has 0 radical (unpaired) electrons. The van der Waals surface area contributed by atoms with Crippen molar-refractivity contribution in [1.82, 2.24) is 0 Å². The number of rotatable bonds is 5. The van der Waals surface area contributed by atoms with Crippen molar-refractivity contribution in [3.8, 4) is 10.4 Å². The summed E-state index contributed by atoms with van der Waals surface area (Å²) in [5, 5.41) is 19.5. The molecule has 0 atom stereocenters. The molecule has 2 rings (SSSR count). The minimum absolute atomic E-state index is 0.0651. The van der Waals surface area contributed by atoms with Gasteiger partial charge in [0.1, 0.15) is 5.56 Å². The number of thiophene rings is 1. The smallest absolute Gasteiger partial charge is 0.337 e. The molecule has 7 heteroatoms. The summed E-state index contributed by atoms with van der Waals surface area (Å²) in [6, 6.07) is 8.70. The zero-order chi connectivity index (χ0) is 14.7. The van der Waals surface area contributed by atoms with Gasteiger partial charge in [0.25, 0.3) is 5.91 Å². The molecule has 0 spiro atoms. The quantitative estimate of drug-likeness (QED) is 0.648. The summed E-state index contributed by atoms with van der Waals surface area (Å²) in [6.07, 6.45) is 0.553. The summed E-state index contributed by atoms with van der Waals surface area (Å²) in [5.74, 6) is -0.809. The van der Waals surface area contributed by atoms with Gasteiger partial charge in [0, 0.05) is 11.5 Å². The minimum Gasteiger partial charge on any atom is -0.396 e. The third-order valence-electron chi connectivity index (χ3n) is 2.78. The van der Waals surface area contributed by atoms with Gasteiger partial charge in [-0.1, -0.05) is 35.6 Å². The molecule has 0 saturated carbocycles. The molecule has 0 unspecified atom stereocenters. The molecule has 104 valence electrons. The zero-order valence-electron chi connectivity index (χ0n) is 10.4. The van der Waals surface area contributed by atoms with Crippen LogP contribution < -0.4 is 5.73 Å². The van der Waals surface area contributed by atoms with Crippen molar-refractivity contribution >= 4 is 22.2 Å². The average Bonchev–Trinajstić information content (AvgIpc) is 2.85. The van der Waals surface area contributed by atoms with Crippen molar-refractivity contribution in [3.05, 3.63) is 51.6 Å². The zero-order valence-corrected chi connectivity index (χ0v) is 11.2. The topological polar surface area (TPSA) is 106 Å². The lowest BCUT2D eigenvalue weighted by molar-refractivity contribution is -0.380. The number of nitrogens with zero attached hydrogens (tertiary/aromatic N) is 1. The molecule has 0 bridgehead atoms. The number of benzene rings is 1. The van der Waals surface area contributed by atoms with Crippen molar-refractivity contribution in [1.29, 1.82) is 0 Å². The maximum atomic E-state index is 11.2. The van der Waals surface area contributed by atoms with Crippen LogP contribution in [-0.4, -0.2) is 22.5 Å². The summed E-state index contributed by atoms with van der Waals surface area (Å²) in [5.41, 5.74) is 6.81. The molecule has 1 aromatic heterocycles. The molecule has 0 aliphatic heterocycles. The molecule has 1 amide bonds. The Labute approximate surface area is 118 Å². The van der Waals surface area contributed by atoms with Crippen molar-refractivity contribution < 1.29 is 14.8 Å². The van der Waals surface area contributed by atoms with E-state index >= 15 is 0 Å². The molecule has 1 aromatic carbocycles. The highest BCUT2D eigenvalue weighted by molar-refractivity contribution is 7.19. The van der Waals surface area contributed by atoms with E-state index in [1.54, 1.807) is 12.1 Å². The number of carbonyl (C=O) groups is 1. The number of amides is 1. The first-order valence-corrected chi connectivity index (χ1v) is 6.62. The lowest BCUT2D eigenvalue weighted by atomic mass is 10.1. The first kappa shape index (κ1) is 14.2. The van der Waals surface area contributed by atoms with Crippen LogP contribution >= 0.6 is 11.3 Å². The number of aliphatic hydroxyl groups excluding tert-OH is 1. The van der Waals surface area contributed by atoms with Crippen LogP contribution in [0.15, 0.2) is 30.3 Å². The summed E-state index contributed by atoms with van der Waals surface area (Å²) >= 11 is 0.919. The number of aliphatic hydroxyl groups is 1. The van der Waals surface area contributed by atoms with Crippen LogP contribution in [0.5, 0.6) is 0 Å². The number of nitrogens with two attached hydrogens (primary N) is 1. The number of hydrogen-bond acceptors (Lipinski definition) is 5. The van der Waals surface area contributed by atoms with E-state index in [-0.39, 0.29) is 17.2 Å². The fourth-order valence-electron chi connectivity index (χ4n) is 1.80. The van der Waals surface area contributed by atoms with Gasteiger partial charge in [0.2, 0.25) is 0 Å². The van der Waals surface area contributed by atoms with Crippen LogP contribution in [0, 0.1) is 10.1 Å². The number of hydrogen-bond donors (Lipinski definition) is 2. The Morgan fingerprint density at radius 3 is 2.45 bits per heavy atom. The van der Waals surface area contributed by atoms with E-state index in [0.717, 1.165) is 22.5 Å². The van der Waals surface area contributed by atoms with Crippen LogP contribution in [0.1, 0.15) is 15.9 Å². The molecule has 0 saturated heterocycles. The highest BCUT2D eigenvalue weighted by atomic mass is 32.1. The first-order chi connectivity index (χ1) is 9.52. The maximum Gasteiger partial charge on any atom is 0.337 e. The summed E-state index contributed by atoms with van der Waals surface area (Å²) < 4.78 is 0. The molecule has 0 aliphatic carbocycles. The molecule has 1 heterocycles. The van der Waals surface area contributed by atoms with Crippen LogP contribution in [0.4, 0.5) is 5.00 Å². The molecule has 6 nitrogen and oxygen atoms in total. The van der Waals surface area contributed by atoms with Gasteiger partial charge in [-0.15, -0.1) is 0 Å². The van der Waals surface area contributed by atoms with Crippen LogP contribution in [-0.2, 0) is 6.42 Å². The number of nitro groups is 1. The van der Waals surface area contributed by atoms with Gasteiger partial charge in [0.05, 0.1) is 4.92 Å². The van der Waals surface area contributed by atoms with Crippen LogP contribution in [0.2, 0.25) is 0 Å². The standard InChI is InChI=1S/C13H12N2O4S/c14-12(17)10-7-11(20-13(10)15(18)19)9-3-1-8(2-4-9)5-6-16/h1-4,7,16H,5-6H2,(H2,14,17). The van der Waals surface area contributed by atoms with Crippen LogP contribution in [0.3, 0.4) is 0 Å². The SMILES string of the molecule is NC(=O)c1cc(-c2ccc(CCO)cc2)sc1[N+](=O)[O-]. The fraction of sp³-hybridized carbons (Fsp3) is 0.154. The highest BCUT2D eigenvalue weighted by Gasteiger charge is 2.23. The Balaban J connectivity index is 2.40. The predicted octanol–water partition coefficient (Wildman–Crippen LogP) is 1.96. The highest BCUT2D eigenvalue weighted by Crippen LogP contribution is 2.36. The van der Waals surface area contributed by atoms with E-state index < -0.39 is 10.8 Å². The van der Waals surface area contributed by atoms with Crippen molar-refractivity contribution in [2.45, 2.75) is 6.42 Å². The van der Waals surface area contributed by atoms with Crippen molar-refractivity contribution in [2.24, 2.45) is 5.73 Å². The molecule has 0 fully saturated rings. The fourth-order valence-corrected chi connectivity index (χ4v) is 2.78. The lowest BCUT2D eigenvalue weighted by Gasteiger charge is -2.00. The minimum atomic E-state index is -0.809. The molecule has 3 N–H and O–H groups in total. The van der Waals surface area contributed by atoms with Gasteiger partial charge in [-0.2, -0.15) is 0 Å². The van der Waals surface area contributed by atoms with E-state index in [2.05, 4.69) is 0 Å². The number of carbonyl (C=O) groups excluding carboxylic acids is 1. The molecular weight excluding hydrogens is 280 g/mol. The van der Waals surface area contributed by atoms with Crippen LogP contribution in [0.25, 0.3) is 10.4 Å². The largest absolute Gasteiger partial charge is 0.396 e. The second-order valence-electron chi connectivity index (χ2n) is 4.12. The van der Waals surface area contributed by atoms with E-state index in [1.165, 1.54) is 6.07 Å². The van der Waals surface area contributed by atoms with Gasteiger partial charge in [0.15, 0.2) is 0 Å². The predicted molar refractivity (Wildman–Crippen MR) is 75.7 cm³/mol. The van der Waals surface area contributed by atoms with E-state index in [4.69, 9.17) is 10.8 Å². The Kier molecular flexibility index (Phi) is 4.11. The molecule has 0 aliphatic rings. The molecular formula is C13H12N2O4S. The average molecular weight is 292 g/mol. The summed E-state index contributed by atoms with van der Waals surface area (Å²) in [7, 11) is 0. The van der Waals surface area contributed by atoms with Gasteiger partial charge in [-0.3, -0.25) is 14.9 Å². The molecule has 20 heavy (non-hydrogen) atoms. The van der Waals surface area contributed by atoms with Gasteiger partial charge in [-0.25, -0.2) is 0 Å². The monoisotopic (exact) mass is 292 g/mol. The van der Waals surface area contributed by atoms with E-state index in [0.29, 0.717) is 11.3 Å². The lowest BCUT2D eigenvalue weighted by Crippen LogP contribution is -2.11. The third kappa shape index (κ3) is 2.84. The van der Waals surface area contributed by atoms with E-state index in [1.807, 2.05) is 12.1 Å².